The van der Waals surface area contributed by atoms with Crippen molar-refractivity contribution < 1.29 is 18.7 Å². The molecule has 0 bridgehead atoms. The fourth-order valence-corrected chi connectivity index (χ4v) is 4.65. The van der Waals surface area contributed by atoms with Gasteiger partial charge in [-0.05, 0) is 48.4 Å². The van der Waals surface area contributed by atoms with E-state index in [4.69, 9.17) is 4.74 Å². The highest BCUT2D eigenvalue weighted by Crippen LogP contribution is 2.34. The standard InChI is InChI=1S/C23H30FN3O3S/c1-3-11-25-23(29)26(12-4-2)15-22(28)27-13-9-21-17(10-14-31-21)19(27)16-30-20-8-6-5-7-18(20)24/h5-8,10,14,19H,3-4,9,11-13,15-16H2,1-2H3,(H,25,29)/t19-/m0/s1. The fourth-order valence-electron chi connectivity index (χ4n) is 3.73. The number of halogens is 1. The van der Waals surface area contributed by atoms with E-state index in [1.807, 2.05) is 25.3 Å². The molecular weight excluding hydrogens is 417 g/mol. The lowest BCUT2D eigenvalue weighted by molar-refractivity contribution is -0.135. The zero-order valence-electron chi connectivity index (χ0n) is 18.1. The highest BCUT2D eigenvalue weighted by molar-refractivity contribution is 7.10. The molecule has 1 atom stereocenters. The molecule has 3 amide bonds. The van der Waals surface area contributed by atoms with Crippen LogP contribution in [-0.2, 0) is 11.2 Å². The minimum Gasteiger partial charge on any atom is -0.488 e. The fraction of sp³-hybridized carbons (Fsp3) is 0.478. The van der Waals surface area contributed by atoms with Crippen LogP contribution in [0.5, 0.6) is 5.75 Å². The van der Waals surface area contributed by atoms with Crippen LogP contribution in [0.15, 0.2) is 35.7 Å². The number of benzene rings is 1. The monoisotopic (exact) mass is 447 g/mol. The van der Waals surface area contributed by atoms with E-state index in [0.29, 0.717) is 19.6 Å². The largest absolute Gasteiger partial charge is 0.488 e. The maximum atomic E-state index is 14.0. The zero-order valence-corrected chi connectivity index (χ0v) is 18.9. The highest BCUT2D eigenvalue weighted by Gasteiger charge is 2.33. The van der Waals surface area contributed by atoms with E-state index < -0.39 is 5.82 Å². The number of hydrogen-bond donors (Lipinski definition) is 1. The van der Waals surface area contributed by atoms with Gasteiger partial charge in [0.1, 0.15) is 13.2 Å². The molecular formula is C23H30FN3O3S. The summed E-state index contributed by atoms with van der Waals surface area (Å²) < 4.78 is 19.8. The first-order valence-corrected chi connectivity index (χ1v) is 11.7. The van der Waals surface area contributed by atoms with Crippen molar-refractivity contribution in [1.29, 1.82) is 0 Å². The number of nitrogens with one attached hydrogen (secondary N) is 1. The van der Waals surface area contributed by atoms with Crippen molar-refractivity contribution in [3.63, 3.8) is 0 Å². The zero-order chi connectivity index (χ0) is 22.2. The van der Waals surface area contributed by atoms with Gasteiger partial charge >= 0.3 is 6.03 Å². The third-order valence-corrected chi connectivity index (χ3v) is 6.28. The van der Waals surface area contributed by atoms with Gasteiger partial charge in [0.25, 0.3) is 0 Å². The number of nitrogens with zero attached hydrogens (tertiary/aromatic N) is 2. The molecule has 8 heteroatoms. The maximum absolute atomic E-state index is 14.0. The summed E-state index contributed by atoms with van der Waals surface area (Å²) in [6.45, 7) is 5.78. The van der Waals surface area contributed by atoms with E-state index in [0.717, 1.165) is 24.8 Å². The molecule has 2 aromatic rings. The number of urea groups is 1. The van der Waals surface area contributed by atoms with E-state index in [1.54, 1.807) is 39.3 Å². The molecule has 0 saturated carbocycles. The van der Waals surface area contributed by atoms with Crippen LogP contribution in [0.25, 0.3) is 0 Å². The minimum atomic E-state index is -0.427. The number of thiophene rings is 1. The Kier molecular flexibility index (Phi) is 8.28. The summed E-state index contributed by atoms with van der Waals surface area (Å²) in [5.74, 6) is -0.383. The molecule has 2 heterocycles. The van der Waals surface area contributed by atoms with E-state index in [2.05, 4.69) is 5.32 Å². The smallest absolute Gasteiger partial charge is 0.317 e. The predicted molar refractivity (Wildman–Crippen MR) is 120 cm³/mol. The molecule has 1 aliphatic rings. The molecule has 0 fully saturated rings. The van der Waals surface area contributed by atoms with Crippen molar-refractivity contribution in [2.75, 3.05) is 32.8 Å². The van der Waals surface area contributed by atoms with Crippen LogP contribution >= 0.6 is 11.3 Å². The average Bonchev–Trinajstić information content (AvgIpc) is 3.25. The molecule has 1 N–H and O–H groups in total. The molecule has 1 aliphatic heterocycles. The van der Waals surface area contributed by atoms with Crippen molar-refractivity contribution >= 4 is 23.3 Å². The molecule has 0 radical (unpaired) electrons. The molecule has 168 valence electrons. The Morgan fingerprint density at radius 2 is 2.06 bits per heavy atom. The summed E-state index contributed by atoms with van der Waals surface area (Å²) in [6, 6.07) is 7.74. The number of amides is 3. The van der Waals surface area contributed by atoms with Gasteiger partial charge in [-0.2, -0.15) is 0 Å². The molecule has 6 nitrogen and oxygen atoms in total. The van der Waals surface area contributed by atoms with Crippen LogP contribution in [0.1, 0.15) is 43.2 Å². The van der Waals surface area contributed by atoms with Gasteiger partial charge in [0.05, 0.1) is 6.04 Å². The Labute approximate surface area is 187 Å². The van der Waals surface area contributed by atoms with E-state index in [9.17, 15) is 14.0 Å². The highest BCUT2D eigenvalue weighted by atomic mass is 32.1. The Bertz CT molecular complexity index is 888. The molecule has 1 aromatic heterocycles. The Hall–Kier alpha value is -2.61. The van der Waals surface area contributed by atoms with Gasteiger partial charge in [-0.15, -0.1) is 11.3 Å². The molecule has 0 spiro atoms. The number of rotatable bonds is 9. The maximum Gasteiger partial charge on any atom is 0.317 e. The van der Waals surface area contributed by atoms with Gasteiger partial charge in [-0.25, -0.2) is 9.18 Å². The van der Waals surface area contributed by atoms with Crippen LogP contribution in [0, 0.1) is 5.82 Å². The lowest BCUT2D eigenvalue weighted by atomic mass is 10.0. The number of carbonyl (C=O) groups excluding carboxylic acids is 2. The van der Waals surface area contributed by atoms with Crippen LogP contribution in [-0.4, -0.2) is 54.5 Å². The third kappa shape index (κ3) is 5.76. The second-order valence-electron chi connectivity index (χ2n) is 7.55. The van der Waals surface area contributed by atoms with Gasteiger partial charge in [0.2, 0.25) is 5.91 Å². The number of fused-ring (bicyclic) bond motifs is 1. The summed E-state index contributed by atoms with van der Waals surface area (Å²) in [6.07, 6.45) is 2.37. The molecule has 0 unspecified atom stereocenters. The third-order valence-electron chi connectivity index (χ3n) is 5.28. The summed E-state index contributed by atoms with van der Waals surface area (Å²) in [5.41, 5.74) is 1.04. The SMILES string of the molecule is CCCNC(=O)N(CCC)CC(=O)N1CCc2sccc2[C@@H]1COc1ccccc1F. The summed E-state index contributed by atoms with van der Waals surface area (Å²) in [4.78, 5) is 30.3. The Balaban J connectivity index is 1.74. The van der Waals surface area contributed by atoms with Gasteiger partial charge in [-0.1, -0.05) is 26.0 Å². The number of carbonyl (C=O) groups is 2. The molecule has 3 rings (SSSR count). The van der Waals surface area contributed by atoms with Crippen molar-refractivity contribution in [2.24, 2.45) is 0 Å². The molecule has 0 aliphatic carbocycles. The van der Waals surface area contributed by atoms with Crippen molar-refractivity contribution in [1.82, 2.24) is 15.1 Å². The molecule has 0 saturated heterocycles. The van der Waals surface area contributed by atoms with Gasteiger partial charge in [0, 0.05) is 24.5 Å². The molecule has 1 aromatic carbocycles. The first kappa shape index (κ1) is 23.1. The second kappa shape index (κ2) is 11.1. The van der Waals surface area contributed by atoms with Crippen LogP contribution in [0.2, 0.25) is 0 Å². The van der Waals surface area contributed by atoms with E-state index in [1.165, 1.54) is 10.9 Å². The molecule has 31 heavy (non-hydrogen) atoms. The number of hydrogen-bond acceptors (Lipinski definition) is 4. The van der Waals surface area contributed by atoms with Crippen molar-refractivity contribution in [3.05, 3.63) is 52.0 Å². The predicted octanol–water partition coefficient (Wildman–Crippen LogP) is 4.22. The van der Waals surface area contributed by atoms with Crippen LogP contribution in [0.4, 0.5) is 9.18 Å². The Morgan fingerprint density at radius 1 is 1.26 bits per heavy atom. The first-order valence-electron chi connectivity index (χ1n) is 10.8. The summed E-state index contributed by atoms with van der Waals surface area (Å²) in [5, 5.41) is 4.86. The summed E-state index contributed by atoms with van der Waals surface area (Å²) in [7, 11) is 0. The first-order chi connectivity index (χ1) is 15.0. The number of ether oxygens (including phenoxy) is 1. The Morgan fingerprint density at radius 3 is 2.81 bits per heavy atom. The van der Waals surface area contributed by atoms with Crippen LogP contribution in [0.3, 0.4) is 0 Å². The average molecular weight is 448 g/mol. The van der Waals surface area contributed by atoms with Crippen molar-refractivity contribution in [3.8, 4) is 5.75 Å². The van der Waals surface area contributed by atoms with E-state index in [-0.39, 0.29) is 36.9 Å². The van der Waals surface area contributed by atoms with Crippen molar-refractivity contribution in [2.45, 2.75) is 39.2 Å². The quantitative estimate of drug-likeness (QED) is 0.626. The van der Waals surface area contributed by atoms with Gasteiger partial charge in [-0.3, -0.25) is 4.79 Å². The topological polar surface area (TPSA) is 61.9 Å². The normalized spacial score (nSPS) is 15.3. The van der Waals surface area contributed by atoms with Gasteiger partial charge < -0.3 is 19.9 Å². The van der Waals surface area contributed by atoms with E-state index >= 15 is 0 Å². The number of para-hydroxylation sites is 1. The lowest BCUT2D eigenvalue weighted by Crippen LogP contribution is -2.50. The second-order valence-corrected chi connectivity index (χ2v) is 8.55. The minimum absolute atomic E-state index is 0.0130. The van der Waals surface area contributed by atoms with Crippen LogP contribution < -0.4 is 10.1 Å². The van der Waals surface area contributed by atoms with Gasteiger partial charge in [0.15, 0.2) is 11.6 Å². The lowest BCUT2D eigenvalue weighted by Gasteiger charge is -2.37. The summed E-state index contributed by atoms with van der Waals surface area (Å²) >= 11 is 1.66.